The molecule has 1 aliphatic rings. The van der Waals surface area contributed by atoms with Crippen molar-refractivity contribution in [1.29, 1.82) is 0 Å². The quantitative estimate of drug-likeness (QED) is 0.560. The van der Waals surface area contributed by atoms with Gasteiger partial charge in [0.15, 0.2) is 0 Å². The Hall–Kier alpha value is -1.91. The Labute approximate surface area is 87.1 Å². The number of hydrogen-bond acceptors (Lipinski definition) is 4. The molecule has 1 aromatic carbocycles. The summed E-state index contributed by atoms with van der Waals surface area (Å²) in [7, 11) is 0. The Balaban J connectivity index is 2.16. The van der Waals surface area contributed by atoms with Crippen molar-refractivity contribution < 1.29 is 14.6 Å². The van der Waals surface area contributed by atoms with Crippen molar-refractivity contribution >= 4 is 11.8 Å². The van der Waals surface area contributed by atoms with Crippen molar-refractivity contribution in [1.82, 2.24) is 4.90 Å². The third-order valence-corrected chi connectivity index (χ3v) is 2.31. The van der Waals surface area contributed by atoms with E-state index >= 15 is 0 Å². The van der Waals surface area contributed by atoms with Gasteiger partial charge in [0.1, 0.15) is 12.4 Å². The average molecular weight is 208 g/mol. The van der Waals surface area contributed by atoms with Crippen molar-refractivity contribution in [2.24, 2.45) is 0 Å². The third-order valence-electron chi connectivity index (χ3n) is 2.31. The van der Waals surface area contributed by atoms with Crippen LogP contribution in [0, 0.1) is 0 Å². The van der Waals surface area contributed by atoms with Crippen molar-refractivity contribution in [3.63, 3.8) is 0 Å². The molecule has 1 aromatic rings. The number of carbonyl (C=O) groups is 1. The van der Waals surface area contributed by atoms with Gasteiger partial charge in [0.05, 0.1) is 13.1 Å². The second-order valence-electron chi connectivity index (χ2n) is 3.42. The Kier molecular flexibility index (Phi) is 2.37. The van der Waals surface area contributed by atoms with E-state index in [1.165, 1.54) is 11.0 Å². The number of aromatic hydroxyl groups is 1. The maximum absolute atomic E-state index is 11.2. The second-order valence-corrected chi connectivity index (χ2v) is 3.42. The molecule has 3 N–H and O–H groups in total. The Morgan fingerprint density at radius 2 is 2.33 bits per heavy atom. The Morgan fingerprint density at radius 1 is 1.53 bits per heavy atom. The molecule has 5 nitrogen and oxygen atoms in total. The van der Waals surface area contributed by atoms with Crippen LogP contribution in [0.2, 0.25) is 0 Å². The first-order chi connectivity index (χ1) is 7.16. The summed E-state index contributed by atoms with van der Waals surface area (Å²) in [5.41, 5.74) is 6.79. The number of anilines is 1. The highest BCUT2D eigenvalue weighted by molar-refractivity contribution is 5.69. The molecule has 2 rings (SSSR count). The highest BCUT2D eigenvalue weighted by atomic mass is 16.6. The van der Waals surface area contributed by atoms with Gasteiger partial charge < -0.3 is 20.5 Å². The monoisotopic (exact) mass is 208 g/mol. The summed E-state index contributed by atoms with van der Waals surface area (Å²) in [5.74, 6) is 0.143. The van der Waals surface area contributed by atoms with Crippen LogP contribution in [0.15, 0.2) is 18.2 Å². The molecule has 0 radical (unpaired) electrons. The number of benzene rings is 1. The smallest absolute Gasteiger partial charge is 0.410 e. The van der Waals surface area contributed by atoms with E-state index in [9.17, 15) is 9.90 Å². The van der Waals surface area contributed by atoms with E-state index in [1.807, 2.05) is 0 Å². The first-order valence-corrected chi connectivity index (χ1v) is 4.66. The standard InChI is InChI=1S/C10H12N2O3/c11-8-1-2-9(13)7(5-8)6-12-3-4-15-10(12)14/h1-2,5,13H,3-4,6,11H2. The molecule has 0 spiro atoms. The minimum absolute atomic E-state index is 0.143. The van der Waals surface area contributed by atoms with Crippen molar-refractivity contribution in [3.05, 3.63) is 23.8 Å². The van der Waals surface area contributed by atoms with Gasteiger partial charge in [-0.15, -0.1) is 0 Å². The highest BCUT2D eigenvalue weighted by Crippen LogP contribution is 2.22. The first kappa shape index (κ1) is 9.64. The number of hydrogen-bond donors (Lipinski definition) is 2. The number of nitrogen functional groups attached to an aromatic ring is 1. The number of rotatable bonds is 2. The van der Waals surface area contributed by atoms with Gasteiger partial charge in [-0.25, -0.2) is 4.79 Å². The van der Waals surface area contributed by atoms with Gasteiger partial charge in [-0.1, -0.05) is 0 Å². The maximum atomic E-state index is 11.2. The minimum atomic E-state index is -0.350. The lowest BCUT2D eigenvalue weighted by Gasteiger charge is -2.13. The van der Waals surface area contributed by atoms with Crippen LogP contribution in [0.4, 0.5) is 10.5 Å². The predicted molar refractivity (Wildman–Crippen MR) is 54.3 cm³/mol. The van der Waals surface area contributed by atoms with Crippen LogP contribution in [0.1, 0.15) is 5.56 Å². The summed E-state index contributed by atoms with van der Waals surface area (Å²) >= 11 is 0. The van der Waals surface area contributed by atoms with E-state index in [4.69, 9.17) is 10.5 Å². The molecule has 0 aliphatic carbocycles. The van der Waals surface area contributed by atoms with Crippen molar-refractivity contribution in [2.45, 2.75) is 6.54 Å². The van der Waals surface area contributed by atoms with E-state index in [2.05, 4.69) is 0 Å². The van der Waals surface area contributed by atoms with Crippen molar-refractivity contribution in [3.8, 4) is 5.75 Å². The molecule has 0 aromatic heterocycles. The molecule has 80 valence electrons. The van der Waals surface area contributed by atoms with Gasteiger partial charge in [-0.3, -0.25) is 0 Å². The number of amides is 1. The van der Waals surface area contributed by atoms with Crippen LogP contribution in [0.5, 0.6) is 5.75 Å². The number of cyclic esters (lactones) is 1. The fourth-order valence-electron chi connectivity index (χ4n) is 1.51. The van der Waals surface area contributed by atoms with Crippen LogP contribution in [0.25, 0.3) is 0 Å². The molecular formula is C10H12N2O3. The third kappa shape index (κ3) is 1.96. The average Bonchev–Trinajstić information content (AvgIpc) is 2.58. The minimum Gasteiger partial charge on any atom is -0.508 e. The van der Waals surface area contributed by atoms with E-state index in [-0.39, 0.29) is 11.8 Å². The van der Waals surface area contributed by atoms with Gasteiger partial charge in [0, 0.05) is 11.3 Å². The van der Waals surface area contributed by atoms with Gasteiger partial charge in [0.2, 0.25) is 0 Å². The lowest BCUT2D eigenvalue weighted by atomic mass is 10.1. The zero-order chi connectivity index (χ0) is 10.8. The molecule has 1 amide bonds. The summed E-state index contributed by atoms with van der Waals surface area (Å²) in [5, 5.41) is 9.55. The van der Waals surface area contributed by atoms with E-state index in [1.54, 1.807) is 12.1 Å². The van der Waals surface area contributed by atoms with Crippen LogP contribution in [0.3, 0.4) is 0 Å². The molecule has 0 unspecified atom stereocenters. The van der Waals surface area contributed by atoms with Crippen LogP contribution < -0.4 is 5.73 Å². The molecule has 1 aliphatic heterocycles. The predicted octanol–water partition coefficient (Wildman–Crippen LogP) is 0.927. The first-order valence-electron chi connectivity index (χ1n) is 4.66. The number of phenols is 1. The van der Waals surface area contributed by atoms with E-state index < -0.39 is 0 Å². The molecule has 0 bridgehead atoms. The van der Waals surface area contributed by atoms with E-state index in [0.717, 1.165) is 0 Å². The molecule has 0 atom stereocenters. The van der Waals surface area contributed by atoms with Crippen LogP contribution in [-0.2, 0) is 11.3 Å². The van der Waals surface area contributed by atoms with Gasteiger partial charge in [-0.2, -0.15) is 0 Å². The number of nitrogens with two attached hydrogens (primary N) is 1. The summed E-state index contributed by atoms with van der Waals surface area (Å²) in [6.07, 6.45) is -0.350. The number of ether oxygens (including phenoxy) is 1. The Bertz CT molecular complexity index is 392. The summed E-state index contributed by atoms with van der Waals surface area (Å²) in [4.78, 5) is 12.7. The fraction of sp³-hybridized carbons (Fsp3) is 0.300. The maximum Gasteiger partial charge on any atom is 0.410 e. The van der Waals surface area contributed by atoms with Gasteiger partial charge in [0.25, 0.3) is 0 Å². The zero-order valence-electron chi connectivity index (χ0n) is 8.14. The molecule has 1 heterocycles. The normalized spacial score (nSPS) is 15.5. The summed E-state index contributed by atoms with van der Waals surface area (Å²) in [6.45, 7) is 1.28. The molecule has 1 fully saturated rings. The largest absolute Gasteiger partial charge is 0.508 e. The summed E-state index contributed by atoms with van der Waals surface area (Å²) in [6, 6.07) is 4.79. The second kappa shape index (κ2) is 3.68. The van der Waals surface area contributed by atoms with Gasteiger partial charge in [-0.05, 0) is 18.2 Å². The number of phenolic OH excluding ortho intramolecular Hbond substituents is 1. The fourth-order valence-corrected chi connectivity index (χ4v) is 1.51. The summed E-state index contributed by atoms with van der Waals surface area (Å²) < 4.78 is 4.78. The Morgan fingerprint density at radius 3 is 3.00 bits per heavy atom. The SMILES string of the molecule is Nc1ccc(O)c(CN2CCOC2=O)c1. The number of nitrogens with zero attached hydrogens (tertiary/aromatic N) is 1. The zero-order valence-corrected chi connectivity index (χ0v) is 8.14. The molecule has 15 heavy (non-hydrogen) atoms. The lowest BCUT2D eigenvalue weighted by molar-refractivity contribution is 0.157. The van der Waals surface area contributed by atoms with Crippen LogP contribution in [-0.4, -0.2) is 29.3 Å². The molecule has 0 saturated carbocycles. The van der Waals surface area contributed by atoms with E-state index in [0.29, 0.717) is 30.9 Å². The molecular weight excluding hydrogens is 196 g/mol. The lowest BCUT2D eigenvalue weighted by Crippen LogP contribution is -2.23. The highest BCUT2D eigenvalue weighted by Gasteiger charge is 2.22. The topological polar surface area (TPSA) is 75.8 Å². The van der Waals surface area contributed by atoms with Crippen molar-refractivity contribution in [2.75, 3.05) is 18.9 Å². The molecule has 5 heteroatoms. The molecule has 1 saturated heterocycles. The van der Waals surface area contributed by atoms with Gasteiger partial charge >= 0.3 is 6.09 Å². The number of carbonyl (C=O) groups excluding carboxylic acids is 1. The van der Waals surface area contributed by atoms with Crippen LogP contribution >= 0.6 is 0 Å².